The summed E-state index contributed by atoms with van der Waals surface area (Å²) in [5.41, 5.74) is 0.905. The molecule has 0 atom stereocenters. The first-order valence-electron chi connectivity index (χ1n) is 7.83. The number of hydrogen-bond acceptors (Lipinski definition) is 6. The van der Waals surface area contributed by atoms with Crippen molar-refractivity contribution in [1.29, 1.82) is 0 Å². The van der Waals surface area contributed by atoms with E-state index < -0.39 is 6.09 Å². The van der Waals surface area contributed by atoms with Crippen molar-refractivity contribution in [1.82, 2.24) is 15.5 Å². The monoisotopic (exact) mass is 373 g/mol. The maximum atomic E-state index is 11.7. The summed E-state index contributed by atoms with van der Waals surface area (Å²) in [5.74, 6) is 1.27. The Morgan fingerprint density at radius 1 is 1.08 bits per heavy atom. The first-order valence-corrected chi connectivity index (χ1v) is 8.21. The maximum Gasteiger partial charge on any atom is 0.407 e. The highest BCUT2D eigenvalue weighted by molar-refractivity contribution is 6.30. The molecule has 0 radical (unpaired) electrons. The van der Waals surface area contributed by atoms with Crippen molar-refractivity contribution in [2.24, 2.45) is 0 Å². The highest BCUT2D eigenvalue weighted by atomic mass is 35.5. The average molecular weight is 374 g/mol. The molecular formula is C18H16ClN3O4. The topological polar surface area (TPSA) is 86.5 Å². The van der Waals surface area contributed by atoms with Crippen LogP contribution in [0.25, 0.3) is 0 Å². The molecule has 8 heteroatoms. The molecule has 134 valence electrons. The van der Waals surface area contributed by atoms with Gasteiger partial charge in [0.15, 0.2) is 6.61 Å². The molecule has 3 aromatic rings. The minimum atomic E-state index is -0.564. The lowest BCUT2D eigenvalue weighted by atomic mass is 10.2. The largest absolute Gasteiger partial charge is 0.485 e. The van der Waals surface area contributed by atoms with Crippen LogP contribution in [0.15, 0.2) is 59.1 Å². The SMILES string of the molecule is O=C(NCc1nc(COc2ccc(Cl)cc2)no1)OCc1ccccc1. The summed E-state index contributed by atoms with van der Waals surface area (Å²) < 4.78 is 15.7. The first-order chi connectivity index (χ1) is 12.7. The number of ether oxygens (including phenoxy) is 2. The molecule has 0 aliphatic heterocycles. The molecule has 26 heavy (non-hydrogen) atoms. The van der Waals surface area contributed by atoms with Gasteiger partial charge in [-0.1, -0.05) is 47.1 Å². The second kappa shape index (κ2) is 8.87. The number of nitrogens with one attached hydrogen (secondary N) is 1. The van der Waals surface area contributed by atoms with Crippen molar-refractivity contribution in [3.8, 4) is 5.75 Å². The first kappa shape index (κ1) is 17.8. The van der Waals surface area contributed by atoms with Crippen LogP contribution in [0.1, 0.15) is 17.3 Å². The van der Waals surface area contributed by atoms with E-state index in [0.29, 0.717) is 16.6 Å². The molecule has 0 saturated heterocycles. The van der Waals surface area contributed by atoms with Crippen LogP contribution in [0.4, 0.5) is 4.79 Å². The Hall–Kier alpha value is -3.06. The fourth-order valence-electron chi connectivity index (χ4n) is 2.02. The molecule has 1 heterocycles. The number of nitrogens with zero attached hydrogens (tertiary/aromatic N) is 2. The van der Waals surface area contributed by atoms with Crippen molar-refractivity contribution in [3.05, 3.63) is 76.9 Å². The second-order valence-corrected chi connectivity index (χ2v) is 5.70. The van der Waals surface area contributed by atoms with Gasteiger partial charge in [-0.3, -0.25) is 0 Å². The van der Waals surface area contributed by atoms with Crippen LogP contribution in [-0.2, 0) is 24.5 Å². The van der Waals surface area contributed by atoms with E-state index in [1.54, 1.807) is 24.3 Å². The van der Waals surface area contributed by atoms with Crippen molar-refractivity contribution in [3.63, 3.8) is 0 Å². The number of alkyl carbamates (subject to hydrolysis) is 1. The molecule has 1 aromatic heterocycles. The Morgan fingerprint density at radius 3 is 2.62 bits per heavy atom. The van der Waals surface area contributed by atoms with Gasteiger partial charge in [-0.05, 0) is 29.8 Å². The molecule has 0 unspecified atom stereocenters. The normalized spacial score (nSPS) is 10.3. The van der Waals surface area contributed by atoms with Gasteiger partial charge >= 0.3 is 6.09 Å². The molecule has 1 amide bonds. The van der Waals surface area contributed by atoms with E-state index in [1.165, 1.54) is 0 Å². The minimum Gasteiger partial charge on any atom is -0.485 e. The minimum absolute atomic E-state index is 0.0710. The van der Waals surface area contributed by atoms with Crippen molar-refractivity contribution >= 4 is 17.7 Å². The summed E-state index contributed by atoms with van der Waals surface area (Å²) in [6.07, 6.45) is -0.564. The number of benzene rings is 2. The lowest BCUT2D eigenvalue weighted by molar-refractivity contribution is 0.138. The maximum absolute atomic E-state index is 11.7. The summed E-state index contributed by atoms with van der Waals surface area (Å²) in [7, 11) is 0. The quantitative estimate of drug-likeness (QED) is 0.679. The van der Waals surface area contributed by atoms with E-state index in [0.717, 1.165) is 5.56 Å². The van der Waals surface area contributed by atoms with Crippen molar-refractivity contribution in [2.75, 3.05) is 0 Å². The van der Waals surface area contributed by atoms with Crippen LogP contribution in [0.2, 0.25) is 5.02 Å². The van der Waals surface area contributed by atoms with E-state index in [4.69, 9.17) is 25.6 Å². The van der Waals surface area contributed by atoms with Crippen LogP contribution in [0.5, 0.6) is 5.75 Å². The third kappa shape index (κ3) is 5.49. The van der Waals surface area contributed by atoms with E-state index in [1.807, 2.05) is 30.3 Å². The standard InChI is InChI=1S/C18H16ClN3O4/c19-14-6-8-15(9-7-14)24-12-16-21-17(26-22-16)10-20-18(23)25-11-13-4-2-1-3-5-13/h1-9H,10-12H2,(H,20,23). The Balaban J connectivity index is 1.40. The van der Waals surface area contributed by atoms with E-state index >= 15 is 0 Å². The van der Waals surface area contributed by atoms with Gasteiger partial charge in [-0.25, -0.2) is 4.79 Å². The van der Waals surface area contributed by atoms with Gasteiger partial charge in [0.25, 0.3) is 0 Å². The van der Waals surface area contributed by atoms with Gasteiger partial charge in [-0.2, -0.15) is 4.98 Å². The Labute approximate surface area is 154 Å². The fraction of sp³-hybridized carbons (Fsp3) is 0.167. The van der Waals surface area contributed by atoms with E-state index in [-0.39, 0.29) is 25.6 Å². The molecule has 0 bridgehead atoms. The van der Waals surface area contributed by atoms with Crippen molar-refractivity contribution in [2.45, 2.75) is 19.8 Å². The van der Waals surface area contributed by atoms with Gasteiger partial charge in [0.1, 0.15) is 18.9 Å². The van der Waals surface area contributed by atoms with Gasteiger partial charge < -0.3 is 19.3 Å². The number of hydrogen-bond donors (Lipinski definition) is 1. The summed E-state index contributed by atoms with van der Waals surface area (Å²) in [6, 6.07) is 16.3. The molecule has 0 aliphatic carbocycles. The Bertz CT molecular complexity index is 837. The van der Waals surface area contributed by atoms with Crippen LogP contribution in [0, 0.1) is 0 Å². The molecule has 0 spiro atoms. The van der Waals surface area contributed by atoms with Gasteiger partial charge in [0, 0.05) is 5.02 Å². The zero-order valence-electron chi connectivity index (χ0n) is 13.7. The number of carbonyl (C=O) groups is 1. The van der Waals surface area contributed by atoms with Crippen LogP contribution in [-0.4, -0.2) is 16.2 Å². The van der Waals surface area contributed by atoms with Crippen LogP contribution >= 0.6 is 11.6 Å². The number of aromatic nitrogens is 2. The molecule has 0 saturated carbocycles. The number of carbonyl (C=O) groups excluding carboxylic acids is 1. The number of halogens is 1. The van der Waals surface area contributed by atoms with Gasteiger partial charge in [-0.15, -0.1) is 0 Å². The molecule has 0 aliphatic rings. The summed E-state index contributed by atoms with van der Waals surface area (Å²) in [4.78, 5) is 15.8. The lowest BCUT2D eigenvalue weighted by Gasteiger charge is -2.05. The smallest absolute Gasteiger partial charge is 0.407 e. The second-order valence-electron chi connectivity index (χ2n) is 5.26. The van der Waals surface area contributed by atoms with Gasteiger partial charge in [0.05, 0.1) is 0 Å². The molecule has 1 N–H and O–H groups in total. The third-order valence-electron chi connectivity index (χ3n) is 3.29. The summed E-state index contributed by atoms with van der Waals surface area (Å²) in [5, 5.41) is 6.97. The highest BCUT2D eigenvalue weighted by Gasteiger charge is 2.09. The van der Waals surface area contributed by atoms with Gasteiger partial charge in [0.2, 0.25) is 11.7 Å². The number of amides is 1. The molecule has 3 rings (SSSR count). The zero-order valence-corrected chi connectivity index (χ0v) is 14.5. The average Bonchev–Trinajstić information content (AvgIpc) is 3.13. The van der Waals surface area contributed by atoms with Crippen LogP contribution < -0.4 is 10.1 Å². The molecular weight excluding hydrogens is 358 g/mol. The predicted molar refractivity (Wildman–Crippen MR) is 93.5 cm³/mol. The van der Waals surface area contributed by atoms with E-state index in [9.17, 15) is 4.79 Å². The zero-order chi connectivity index (χ0) is 18.2. The van der Waals surface area contributed by atoms with Crippen LogP contribution in [0.3, 0.4) is 0 Å². The highest BCUT2D eigenvalue weighted by Crippen LogP contribution is 2.16. The van der Waals surface area contributed by atoms with E-state index in [2.05, 4.69) is 15.5 Å². The predicted octanol–water partition coefficient (Wildman–Crippen LogP) is 3.73. The Morgan fingerprint density at radius 2 is 1.85 bits per heavy atom. The van der Waals surface area contributed by atoms with Crippen molar-refractivity contribution < 1.29 is 18.8 Å². The summed E-state index contributed by atoms with van der Waals surface area (Å²) >= 11 is 5.81. The fourth-order valence-corrected chi connectivity index (χ4v) is 2.15. The molecule has 0 fully saturated rings. The molecule has 7 nitrogen and oxygen atoms in total. The Kier molecular flexibility index (Phi) is 6.05. The third-order valence-corrected chi connectivity index (χ3v) is 3.54. The lowest BCUT2D eigenvalue weighted by Crippen LogP contribution is -2.23. The summed E-state index contributed by atoms with van der Waals surface area (Å²) in [6.45, 7) is 0.405. The number of rotatable bonds is 7. The molecule has 2 aromatic carbocycles.